The highest BCUT2D eigenvalue weighted by Crippen LogP contribution is 2.18. The number of carbonyl (C=O) groups excluding carboxylic acids is 1. The average Bonchev–Trinajstić information content (AvgIpc) is 2.74. The summed E-state index contributed by atoms with van der Waals surface area (Å²) < 4.78 is 2.55. The first-order chi connectivity index (χ1) is 14.4. The molecule has 1 aromatic carbocycles. The Morgan fingerprint density at radius 2 is 1.93 bits per heavy atom. The number of Topliss-reactive ketones (excluding diaryl/α,β-unsaturated/α-hetero) is 1. The minimum Gasteiger partial charge on any atom is -0.324 e. The van der Waals surface area contributed by atoms with E-state index in [9.17, 15) is 14.4 Å². The number of carbonyl (C=O) groups is 1. The summed E-state index contributed by atoms with van der Waals surface area (Å²) in [5, 5.41) is 0.462. The smallest absolute Gasteiger partial charge is 0.324 e. The van der Waals surface area contributed by atoms with Crippen molar-refractivity contribution in [2.75, 3.05) is 0 Å². The molecule has 2 aliphatic heterocycles. The zero-order valence-corrected chi connectivity index (χ0v) is 16.8. The van der Waals surface area contributed by atoms with Gasteiger partial charge in [-0.3, -0.25) is 19.1 Å². The van der Waals surface area contributed by atoms with Crippen LogP contribution in [-0.2, 0) is 13.1 Å². The molecule has 1 aromatic heterocycles. The van der Waals surface area contributed by atoms with E-state index in [2.05, 4.69) is 9.97 Å². The Kier molecular flexibility index (Phi) is 5.29. The van der Waals surface area contributed by atoms with Crippen LogP contribution in [0.5, 0.6) is 0 Å². The molecule has 3 heterocycles. The largest absolute Gasteiger partial charge is 0.352 e. The number of aryl methyl sites for hydroxylation is 1. The average molecular weight is 421 g/mol. The first-order valence-electron chi connectivity index (χ1n) is 9.23. The predicted molar refractivity (Wildman–Crippen MR) is 113 cm³/mol. The number of pyridine rings is 2. The van der Waals surface area contributed by atoms with E-state index < -0.39 is 11.2 Å². The zero-order valence-electron chi connectivity index (χ0n) is 16.1. The molecule has 0 radical (unpaired) electrons. The van der Waals surface area contributed by atoms with Crippen LogP contribution in [0.4, 0.5) is 0 Å². The number of halogens is 1. The van der Waals surface area contributed by atoms with Crippen LogP contribution in [0, 0.1) is 6.92 Å². The Bertz CT molecular complexity index is 1330. The van der Waals surface area contributed by atoms with Gasteiger partial charge in [0.2, 0.25) is 0 Å². The maximum Gasteiger partial charge on any atom is 0.352 e. The summed E-state index contributed by atoms with van der Waals surface area (Å²) in [5.41, 5.74) is 0.941. The highest BCUT2D eigenvalue weighted by atomic mass is 35.5. The standard InChI is InChI=1S/C22H17ClN4O3/c1-14-7-8-15(23)11-18(14)19(28)13-26-10-4-6-17-20(26)25-22(30)27(21(17)29)12-16-5-2-3-9-24-16/h2-11H,12-13H2,1H3. The van der Waals surface area contributed by atoms with Crippen molar-refractivity contribution in [3.8, 4) is 11.4 Å². The molecule has 0 saturated carbocycles. The molecule has 30 heavy (non-hydrogen) atoms. The van der Waals surface area contributed by atoms with Crippen LogP contribution < -0.4 is 11.2 Å². The van der Waals surface area contributed by atoms with Crippen LogP contribution in [-0.4, -0.2) is 24.9 Å². The predicted octanol–water partition coefficient (Wildman–Crippen LogP) is 2.80. The summed E-state index contributed by atoms with van der Waals surface area (Å²) in [4.78, 5) is 46.6. The first-order valence-corrected chi connectivity index (χ1v) is 9.61. The van der Waals surface area contributed by atoms with Gasteiger partial charge in [0, 0.05) is 23.0 Å². The van der Waals surface area contributed by atoms with E-state index >= 15 is 0 Å². The Morgan fingerprint density at radius 3 is 2.70 bits per heavy atom. The molecule has 0 saturated heterocycles. The van der Waals surface area contributed by atoms with E-state index in [1.165, 1.54) is 4.57 Å². The van der Waals surface area contributed by atoms with Crippen molar-refractivity contribution >= 4 is 17.4 Å². The number of ketones is 1. The van der Waals surface area contributed by atoms with Gasteiger partial charge >= 0.3 is 5.69 Å². The molecular weight excluding hydrogens is 404 g/mol. The molecule has 0 amide bonds. The van der Waals surface area contributed by atoms with E-state index in [0.717, 1.165) is 10.1 Å². The SMILES string of the molecule is Cc1ccc(Cl)cc1C(=O)Cn1cccc2c(=O)n(Cc3ccccn3)c(=O)nc1-2. The summed E-state index contributed by atoms with van der Waals surface area (Å²) in [6, 6.07) is 13.6. The van der Waals surface area contributed by atoms with E-state index in [-0.39, 0.29) is 30.3 Å². The number of rotatable bonds is 5. The van der Waals surface area contributed by atoms with Gasteiger partial charge in [0.05, 0.1) is 24.3 Å². The third-order valence-corrected chi connectivity index (χ3v) is 5.05. The highest BCUT2D eigenvalue weighted by Gasteiger charge is 2.19. The summed E-state index contributed by atoms with van der Waals surface area (Å²) >= 11 is 6.02. The lowest BCUT2D eigenvalue weighted by Gasteiger charge is -2.15. The van der Waals surface area contributed by atoms with E-state index in [1.54, 1.807) is 60.9 Å². The number of benzene rings is 1. The minimum atomic E-state index is -0.690. The molecule has 150 valence electrons. The van der Waals surface area contributed by atoms with Crippen molar-refractivity contribution in [3.63, 3.8) is 0 Å². The van der Waals surface area contributed by atoms with Crippen molar-refractivity contribution < 1.29 is 4.79 Å². The normalized spacial score (nSPS) is 11.0. The van der Waals surface area contributed by atoms with Crippen molar-refractivity contribution in [3.05, 3.63) is 104 Å². The molecule has 0 bridgehead atoms. The molecule has 4 rings (SSSR count). The fraction of sp³-hybridized carbons (Fsp3) is 0.136. The summed E-state index contributed by atoms with van der Waals surface area (Å²) in [6.07, 6.45) is 3.21. The van der Waals surface area contributed by atoms with Gasteiger partial charge in [-0.15, -0.1) is 0 Å². The van der Waals surface area contributed by atoms with Crippen LogP contribution in [0.15, 0.2) is 70.5 Å². The molecule has 0 atom stereocenters. The maximum absolute atomic E-state index is 12.9. The molecular formula is C22H17ClN4O3. The number of hydrogen-bond donors (Lipinski definition) is 0. The number of fused-ring (bicyclic) bond motifs is 1. The van der Waals surface area contributed by atoms with Gasteiger partial charge in [0.15, 0.2) is 11.6 Å². The molecule has 0 aliphatic carbocycles. The Labute approximate surface area is 176 Å². The lowest BCUT2D eigenvalue weighted by molar-refractivity contribution is 0.0971. The van der Waals surface area contributed by atoms with E-state index in [4.69, 9.17) is 11.6 Å². The highest BCUT2D eigenvalue weighted by molar-refractivity contribution is 6.31. The molecule has 0 N–H and O–H groups in total. The summed E-state index contributed by atoms with van der Waals surface area (Å²) in [7, 11) is 0. The number of aromatic nitrogens is 4. The summed E-state index contributed by atoms with van der Waals surface area (Å²) in [6.45, 7) is 1.77. The van der Waals surface area contributed by atoms with Gasteiger partial charge in [-0.1, -0.05) is 23.7 Å². The van der Waals surface area contributed by atoms with Crippen molar-refractivity contribution in [1.82, 2.24) is 19.1 Å². The molecule has 7 nitrogen and oxygen atoms in total. The van der Waals surface area contributed by atoms with E-state index in [0.29, 0.717) is 16.3 Å². The molecule has 0 spiro atoms. The van der Waals surface area contributed by atoms with Gasteiger partial charge < -0.3 is 4.57 Å². The Balaban J connectivity index is 1.74. The third kappa shape index (κ3) is 3.79. The van der Waals surface area contributed by atoms with Gasteiger partial charge in [-0.05, 0) is 48.9 Å². The van der Waals surface area contributed by atoms with Crippen LogP contribution in [0.2, 0.25) is 5.02 Å². The van der Waals surface area contributed by atoms with Gasteiger partial charge in [-0.25, -0.2) is 4.79 Å². The number of nitrogens with zero attached hydrogens (tertiary/aromatic N) is 4. The van der Waals surface area contributed by atoms with Crippen LogP contribution in [0.1, 0.15) is 21.6 Å². The fourth-order valence-electron chi connectivity index (χ4n) is 3.27. The maximum atomic E-state index is 12.9. The Hall–Kier alpha value is -3.58. The van der Waals surface area contributed by atoms with Gasteiger partial charge in [-0.2, -0.15) is 4.98 Å². The van der Waals surface area contributed by atoms with E-state index in [1.807, 2.05) is 6.92 Å². The third-order valence-electron chi connectivity index (χ3n) is 4.81. The molecule has 0 fully saturated rings. The molecule has 0 unspecified atom stereocenters. The second kappa shape index (κ2) is 8.04. The Morgan fingerprint density at radius 1 is 1.10 bits per heavy atom. The summed E-state index contributed by atoms with van der Waals surface area (Å²) in [5.74, 6) is -0.0304. The molecule has 8 heteroatoms. The molecule has 2 aliphatic rings. The lowest BCUT2D eigenvalue weighted by atomic mass is 10.0. The van der Waals surface area contributed by atoms with Crippen molar-refractivity contribution in [1.29, 1.82) is 0 Å². The van der Waals surface area contributed by atoms with Crippen LogP contribution in [0.25, 0.3) is 11.4 Å². The molecule has 2 aromatic rings. The number of hydrogen-bond acceptors (Lipinski definition) is 5. The fourth-order valence-corrected chi connectivity index (χ4v) is 3.44. The van der Waals surface area contributed by atoms with Crippen LogP contribution >= 0.6 is 11.6 Å². The topological polar surface area (TPSA) is 86.9 Å². The van der Waals surface area contributed by atoms with Crippen LogP contribution in [0.3, 0.4) is 0 Å². The first kappa shape index (κ1) is 19.7. The van der Waals surface area contributed by atoms with Crippen molar-refractivity contribution in [2.24, 2.45) is 0 Å². The van der Waals surface area contributed by atoms with Gasteiger partial charge in [0.25, 0.3) is 5.56 Å². The van der Waals surface area contributed by atoms with Gasteiger partial charge in [0.1, 0.15) is 0 Å². The second-order valence-electron chi connectivity index (χ2n) is 6.86. The second-order valence-corrected chi connectivity index (χ2v) is 7.30. The minimum absolute atomic E-state index is 0.0248. The van der Waals surface area contributed by atoms with Crippen molar-refractivity contribution in [2.45, 2.75) is 20.0 Å². The zero-order chi connectivity index (χ0) is 21.3. The lowest BCUT2D eigenvalue weighted by Crippen LogP contribution is -2.38. The monoisotopic (exact) mass is 420 g/mol. The quantitative estimate of drug-likeness (QED) is 0.463.